The second-order valence-corrected chi connectivity index (χ2v) is 5.92. The van der Waals surface area contributed by atoms with Gasteiger partial charge in [0.15, 0.2) is 0 Å². The highest BCUT2D eigenvalue weighted by Crippen LogP contribution is 2.08. The van der Waals surface area contributed by atoms with Crippen LogP contribution in [0, 0.1) is 0 Å². The van der Waals surface area contributed by atoms with Crippen LogP contribution in [0.4, 0.5) is 0 Å². The molecule has 0 heterocycles. The Labute approximate surface area is 128 Å². The van der Waals surface area contributed by atoms with Crippen LogP contribution in [0.15, 0.2) is 54.6 Å². The number of hydrogen-bond acceptors (Lipinski definition) is 2. The first kappa shape index (κ1) is 17.2. The molecule has 0 aromatic heterocycles. The molecule has 0 bridgehead atoms. The van der Waals surface area contributed by atoms with Gasteiger partial charge in [0, 0.05) is 24.7 Å². The van der Waals surface area contributed by atoms with Gasteiger partial charge >= 0.3 is 0 Å². The van der Waals surface area contributed by atoms with Gasteiger partial charge in [-0.05, 0) is 33.4 Å². The number of hydrogen-bond donors (Lipinski definition) is 1. The van der Waals surface area contributed by atoms with Crippen LogP contribution in [0.5, 0.6) is 0 Å². The number of carbonyl (C=O) groups excluding carboxylic acids is 1. The highest BCUT2D eigenvalue weighted by Gasteiger charge is 2.21. The van der Waals surface area contributed by atoms with Crippen molar-refractivity contribution >= 4 is 5.91 Å². The summed E-state index contributed by atoms with van der Waals surface area (Å²) in [5.74, 6) is -0.0637. The average Bonchev–Trinajstić information content (AvgIpc) is 2.38. The van der Waals surface area contributed by atoms with Crippen molar-refractivity contribution in [2.75, 3.05) is 13.6 Å². The van der Waals surface area contributed by atoms with Crippen molar-refractivity contribution in [1.82, 2.24) is 10.2 Å². The Balaban J connectivity index is 2.49. The first-order valence-corrected chi connectivity index (χ1v) is 7.27. The molecule has 114 valence electrons. The number of carbonyl (C=O) groups is 1. The van der Waals surface area contributed by atoms with Gasteiger partial charge in [-0.3, -0.25) is 9.69 Å². The van der Waals surface area contributed by atoms with Gasteiger partial charge in [0.2, 0.25) is 5.91 Å². The topological polar surface area (TPSA) is 32.3 Å². The summed E-state index contributed by atoms with van der Waals surface area (Å²) in [6.07, 6.45) is 7.04. The van der Waals surface area contributed by atoms with Crippen LogP contribution in [0.3, 0.4) is 0 Å². The number of benzene rings is 1. The van der Waals surface area contributed by atoms with Gasteiger partial charge in [-0.25, -0.2) is 0 Å². The Morgan fingerprint density at radius 2 is 1.90 bits per heavy atom. The van der Waals surface area contributed by atoms with Crippen LogP contribution in [0.2, 0.25) is 0 Å². The molecule has 0 aliphatic carbocycles. The normalized spacial score (nSPS) is 12.4. The fourth-order valence-electron chi connectivity index (χ4n) is 2.29. The van der Waals surface area contributed by atoms with Gasteiger partial charge in [0.1, 0.15) is 0 Å². The number of amides is 1. The van der Waals surface area contributed by atoms with Crippen LogP contribution in [-0.4, -0.2) is 29.9 Å². The van der Waals surface area contributed by atoms with Crippen molar-refractivity contribution in [3.05, 3.63) is 60.2 Å². The van der Waals surface area contributed by atoms with E-state index < -0.39 is 0 Å². The molecule has 1 rings (SSSR count). The molecule has 0 saturated heterocycles. The van der Waals surface area contributed by atoms with E-state index in [1.165, 1.54) is 5.56 Å². The lowest BCUT2D eigenvalue weighted by atomic mass is 10.0. The Hall–Kier alpha value is -1.87. The van der Waals surface area contributed by atoms with Gasteiger partial charge in [-0.1, -0.05) is 48.6 Å². The molecular formula is C18H26N2O. The Kier molecular flexibility index (Phi) is 6.89. The predicted molar refractivity (Wildman–Crippen MR) is 89.0 cm³/mol. The van der Waals surface area contributed by atoms with E-state index in [1.807, 2.05) is 51.1 Å². The number of allylic oxidation sites excluding steroid dienone is 3. The fourth-order valence-corrected chi connectivity index (χ4v) is 2.29. The highest BCUT2D eigenvalue weighted by molar-refractivity contribution is 5.88. The van der Waals surface area contributed by atoms with E-state index in [-0.39, 0.29) is 11.4 Å². The van der Waals surface area contributed by atoms with E-state index in [9.17, 15) is 4.79 Å². The summed E-state index contributed by atoms with van der Waals surface area (Å²) < 4.78 is 0. The largest absolute Gasteiger partial charge is 0.346 e. The second-order valence-electron chi connectivity index (χ2n) is 5.92. The van der Waals surface area contributed by atoms with E-state index in [0.29, 0.717) is 0 Å². The maximum Gasteiger partial charge on any atom is 0.244 e. The Morgan fingerprint density at radius 3 is 2.52 bits per heavy atom. The van der Waals surface area contributed by atoms with Crippen molar-refractivity contribution in [2.24, 2.45) is 0 Å². The maximum absolute atomic E-state index is 11.8. The average molecular weight is 286 g/mol. The van der Waals surface area contributed by atoms with Gasteiger partial charge in [-0.2, -0.15) is 0 Å². The Morgan fingerprint density at radius 1 is 1.24 bits per heavy atom. The molecule has 0 radical (unpaired) electrons. The van der Waals surface area contributed by atoms with Crippen LogP contribution in [0.1, 0.15) is 26.3 Å². The molecule has 0 saturated carbocycles. The SMILES string of the molecule is C/C=C/C=C/C(=O)NC(C)(C)CN(C)Cc1ccccc1. The molecule has 0 fully saturated rings. The minimum atomic E-state index is -0.277. The van der Waals surface area contributed by atoms with E-state index in [0.717, 1.165) is 13.1 Å². The van der Waals surface area contributed by atoms with E-state index in [4.69, 9.17) is 0 Å². The molecule has 1 aromatic carbocycles. The lowest BCUT2D eigenvalue weighted by Crippen LogP contribution is -2.50. The molecule has 1 aromatic rings. The number of rotatable bonds is 7. The summed E-state index contributed by atoms with van der Waals surface area (Å²) in [6, 6.07) is 10.3. The molecule has 0 aliphatic heterocycles. The van der Waals surface area contributed by atoms with Crippen molar-refractivity contribution in [3.63, 3.8) is 0 Å². The molecule has 1 amide bonds. The molecule has 3 nitrogen and oxygen atoms in total. The van der Waals surface area contributed by atoms with Crippen molar-refractivity contribution in [2.45, 2.75) is 32.9 Å². The van der Waals surface area contributed by atoms with Crippen molar-refractivity contribution in [1.29, 1.82) is 0 Å². The quantitative estimate of drug-likeness (QED) is 0.617. The van der Waals surface area contributed by atoms with E-state index in [1.54, 1.807) is 12.2 Å². The van der Waals surface area contributed by atoms with Crippen LogP contribution < -0.4 is 5.32 Å². The minimum absolute atomic E-state index is 0.0637. The molecule has 0 aliphatic rings. The third-order valence-corrected chi connectivity index (χ3v) is 2.97. The maximum atomic E-state index is 11.8. The van der Waals surface area contributed by atoms with Crippen LogP contribution >= 0.6 is 0 Å². The standard InChI is InChI=1S/C18H26N2O/c1-5-6-8-13-17(21)19-18(2,3)15-20(4)14-16-11-9-7-10-12-16/h5-13H,14-15H2,1-4H3,(H,19,21)/b6-5+,13-8+. The summed E-state index contributed by atoms with van der Waals surface area (Å²) >= 11 is 0. The minimum Gasteiger partial charge on any atom is -0.346 e. The smallest absolute Gasteiger partial charge is 0.244 e. The zero-order chi connectivity index (χ0) is 15.7. The van der Waals surface area contributed by atoms with Gasteiger partial charge in [0.05, 0.1) is 0 Å². The third kappa shape index (κ3) is 7.47. The number of likely N-dealkylation sites (N-methyl/N-ethyl adjacent to an activating group) is 1. The zero-order valence-corrected chi connectivity index (χ0v) is 13.5. The molecule has 21 heavy (non-hydrogen) atoms. The van der Waals surface area contributed by atoms with E-state index in [2.05, 4.69) is 29.4 Å². The summed E-state index contributed by atoms with van der Waals surface area (Å²) in [7, 11) is 2.07. The first-order chi connectivity index (χ1) is 9.93. The van der Waals surface area contributed by atoms with Crippen molar-refractivity contribution < 1.29 is 4.79 Å². The lowest BCUT2D eigenvalue weighted by Gasteiger charge is -2.31. The molecule has 0 unspecified atom stereocenters. The predicted octanol–water partition coefficient (Wildman–Crippen LogP) is 3.15. The van der Waals surface area contributed by atoms with Gasteiger partial charge < -0.3 is 5.32 Å². The number of nitrogens with one attached hydrogen (secondary N) is 1. The summed E-state index contributed by atoms with van der Waals surface area (Å²) in [5, 5.41) is 3.03. The Bertz CT molecular complexity index is 489. The fraction of sp³-hybridized carbons (Fsp3) is 0.389. The molecule has 3 heteroatoms. The monoisotopic (exact) mass is 286 g/mol. The third-order valence-electron chi connectivity index (χ3n) is 2.97. The second kappa shape index (κ2) is 8.42. The van der Waals surface area contributed by atoms with E-state index >= 15 is 0 Å². The molecule has 0 atom stereocenters. The highest BCUT2D eigenvalue weighted by atomic mass is 16.1. The molecule has 0 spiro atoms. The number of nitrogens with zero attached hydrogens (tertiary/aromatic N) is 1. The zero-order valence-electron chi connectivity index (χ0n) is 13.5. The molecule has 1 N–H and O–H groups in total. The van der Waals surface area contributed by atoms with Crippen LogP contribution in [-0.2, 0) is 11.3 Å². The summed E-state index contributed by atoms with van der Waals surface area (Å²) in [6.45, 7) is 7.65. The van der Waals surface area contributed by atoms with Crippen molar-refractivity contribution in [3.8, 4) is 0 Å². The summed E-state index contributed by atoms with van der Waals surface area (Å²) in [4.78, 5) is 14.0. The first-order valence-electron chi connectivity index (χ1n) is 7.27. The van der Waals surface area contributed by atoms with Crippen LogP contribution in [0.25, 0.3) is 0 Å². The lowest BCUT2D eigenvalue weighted by molar-refractivity contribution is -0.118. The molecular weight excluding hydrogens is 260 g/mol. The van der Waals surface area contributed by atoms with Gasteiger partial charge in [-0.15, -0.1) is 0 Å². The van der Waals surface area contributed by atoms with Gasteiger partial charge in [0.25, 0.3) is 0 Å². The summed E-state index contributed by atoms with van der Waals surface area (Å²) in [5.41, 5.74) is 0.996.